The fourth-order valence-electron chi connectivity index (χ4n) is 2.55. The Bertz CT molecular complexity index is 737. The lowest BCUT2D eigenvalue weighted by Crippen LogP contribution is -2.35. The molecule has 23 heavy (non-hydrogen) atoms. The molecule has 0 unspecified atom stereocenters. The van der Waals surface area contributed by atoms with Crippen LogP contribution >= 0.6 is 0 Å². The number of hydrogen-bond acceptors (Lipinski definition) is 3. The van der Waals surface area contributed by atoms with E-state index in [1.807, 2.05) is 63.2 Å². The van der Waals surface area contributed by atoms with Crippen LogP contribution in [-0.2, 0) is 10.2 Å². The molecule has 1 heterocycles. The second kappa shape index (κ2) is 5.95. The van der Waals surface area contributed by atoms with E-state index in [1.54, 1.807) is 0 Å². The molecule has 0 atom stereocenters. The number of nitrogens with one attached hydrogen (secondary N) is 1. The first-order chi connectivity index (χ1) is 11.0. The largest absolute Gasteiger partial charge is 0.486 e. The third-order valence-corrected chi connectivity index (χ3v) is 4.22. The molecule has 1 N–H and O–H groups in total. The first kappa shape index (κ1) is 15.4. The molecular formula is C19H21NO3. The molecule has 2 aromatic rings. The Hall–Kier alpha value is -2.49. The predicted molar refractivity (Wildman–Crippen MR) is 90.3 cm³/mol. The Labute approximate surface area is 136 Å². The van der Waals surface area contributed by atoms with Crippen molar-refractivity contribution in [1.29, 1.82) is 0 Å². The molecule has 4 heteroatoms. The van der Waals surface area contributed by atoms with Gasteiger partial charge in [0.15, 0.2) is 11.5 Å². The van der Waals surface area contributed by atoms with Gasteiger partial charge in [0.2, 0.25) is 5.91 Å². The summed E-state index contributed by atoms with van der Waals surface area (Å²) in [6, 6.07) is 13.4. The molecule has 0 radical (unpaired) electrons. The van der Waals surface area contributed by atoms with Gasteiger partial charge in [-0.15, -0.1) is 0 Å². The summed E-state index contributed by atoms with van der Waals surface area (Å²) >= 11 is 0. The highest BCUT2D eigenvalue weighted by Crippen LogP contribution is 2.35. The molecule has 3 rings (SSSR count). The van der Waals surface area contributed by atoms with Crippen LogP contribution in [0.5, 0.6) is 11.5 Å². The Balaban J connectivity index is 1.85. The number of rotatable bonds is 3. The molecule has 0 spiro atoms. The topological polar surface area (TPSA) is 47.6 Å². The van der Waals surface area contributed by atoms with Crippen molar-refractivity contribution in [3.05, 3.63) is 53.6 Å². The smallest absolute Gasteiger partial charge is 0.234 e. The lowest BCUT2D eigenvalue weighted by molar-refractivity contribution is -0.120. The molecule has 1 amide bonds. The maximum atomic E-state index is 12.8. The molecule has 0 aromatic heterocycles. The zero-order chi connectivity index (χ0) is 16.4. The maximum Gasteiger partial charge on any atom is 0.234 e. The van der Waals surface area contributed by atoms with E-state index in [1.165, 1.54) is 0 Å². The third kappa shape index (κ3) is 3.02. The van der Waals surface area contributed by atoms with Gasteiger partial charge in [0.1, 0.15) is 13.2 Å². The summed E-state index contributed by atoms with van der Waals surface area (Å²) in [6.45, 7) is 6.89. The van der Waals surface area contributed by atoms with E-state index in [0.717, 1.165) is 22.6 Å². The fourth-order valence-corrected chi connectivity index (χ4v) is 2.55. The van der Waals surface area contributed by atoms with Gasteiger partial charge in [-0.05, 0) is 50.1 Å². The van der Waals surface area contributed by atoms with Gasteiger partial charge >= 0.3 is 0 Å². The number of anilines is 1. The molecule has 4 nitrogen and oxygen atoms in total. The zero-order valence-corrected chi connectivity index (χ0v) is 13.7. The number of para-hydroxylation sites is 1. The molecular weight excluding hydrogens is 290 g/mol. The standard InChI is InChI=1S/C19H21NO3/c1-13-6-4-5-7-15(13)20-18(21)19(2,3)14-8-9-16-17(12-14)23-11-10-22-16/h4-9,12H,10-11H2,1-3H3,(H,20,21). The van der Waals surface area contributed by atoms with E-state index in [9.17, 15) is 4.79 Å². The van der Waals surface area contributed by atoms with Crippen LogP contribution < -0.4 is 14.8 Å². The van der Waals surface area contributed by atoms with Crippen LogP contribution in [0, 0.1) is 6.92 Å². The maximum absolute atomic E-state index is 12.8. The van der Waals surface area contributed by atoms with Crippen molar-refractivity contribution in [3.63, 3.8) is 0 Å². The predicted octanol–water partition coefficient (Wildman–Crippen LogP) is 3.68. The SMILES string of the molecule is Cc1ccccc1NC(=O)C(C)(C)c1ccc2c(c1)OCCO2. The quantitative estimate of drug-likeness (QED) is 0.940. The molecule has 0 bridgehead atoms. The highest BCUT2D eigenvalue weighted by Gasteiger charge is 2.31. The van der Waals surface area contributed by atoms with E-state index >= 15 is 0 Å². The Morgan fingerprint density at radius 3 is 2.48 bits per heavy atom. The van der Waals surface area contributed by atoms with Crippen LogP contribution in [0.4, 0.5) is 5.69 Å². The summed E-state index contributed by atoms with van der Waals surface area (Å²) in [4.78, 5) is 12.8. The lowest BCUT2D eigenvalue weighted by atomic mass is 9.83. The van der Waals surface area contributed by atoms with Crippen LogP contribution in [0.3, 0.4) is 0 Å². The van der Waals surface area contributed by atoms with Gasteiger partial charge in [-0.1, -0.05) is 24.3 Å². The molecule has 0 fully saturated rings. The van der Waals surface area contributed by atoms with Crippen molar-refractivity contribution in [2.75, 3.05) is 18.5 Å². The van der Waals surface area contributed by atoms with Crippen molar-refractivity contribution in [2.45, 2.75) is 26.2 Å². The van der Waals surface area contributed by atoms with Crippen LogP contribution in [0.1, 0.15) is 25.0 Å². The van der Waals surface area contributed by atoms with Crippen LogP contribution in [0.25, 0.3) is 0 Å². The first-order valence-corrected chi connectivity index (χ1v) is 7.76. The number of ether oxygens (including phenoxy) is 2. The Morgan fingerprint density at radius 1 is 1.04 bits per heavy atom. The van der Waals surface area contributed by atoms with Crippen molar-refractivity contribution in [3.8, 4) is 11.5 Å². The van der Waals surface area contributed by atoms with Crippen molar-refractivity contribution in [1.82, 2.24) is 0 Å². The number of carbonyl (C=O) groups is 1. The summed E-state index contributed by atoms with van der Waals surface area (Å²) < 4.78 is 11.2. The molecule has 1 aliphatic rings. The summed E-state index contributed by atoms with van der Waals surface area (Å²) in [7, 11) is 0. The molecule has 1 aliphatic heterocycles. The van der Waals surface area contributed by atoms with E-state index in [2.05, 4.69) is 5.32 Å². The normalized spacial score (nSPS) is 13.5. The van der Waals surface area contributed by atoms with E-state index in [0.29, 0.717) is 19.0 Å². The highest BCUT2D eigenvalue weighted by atomic mass is 16.6. The average molecular weight is 311 g/mol. The number of hydrogen-bond donors (Lipinski definition) is 1. The number of benzene rings is 2. The first-order valence-electron chi connectivity index (χ1n) is 7.76. The average Bonchev–Trinajstić information content (AvgIpc) is 2.56. The lowest BCUT2D eigenvalue weighted by Gasteiger charge is -2.27. The minimum Gasteiger partial charge on any atom is -0.486 e. The Morgan fingerprint density at radius 2 is 1.74 bits per heavy atom. The van der Waals surface area contributed by atoms with Gasteiger partial charge < -0.3 is 14.8 Å². The minimum absolute atomic E-state index is 0.0523. The fraction of sp³-hybridized carbons (Fsp3) is 0.316. The van der Waals surface area contributed by atoms with E-state index in [-0.39, 0.29) is 5.91 Å². The van der Waals surface area contributed by atoms with Crippen LogP contribution in [-0.4, -0.2) is 19.1 Å². The van der Waals surface area contributed by atoms with Crippen molar-refractivity contribution in [2.24, 2.45) is 0 Å². The molecule has 120 valence electrons. The third-order valence-electron chi connectivity index (χ3n) is 4.22. The Kier molecular flexibility index (Phi) is 3.99. The van der Waals surface area contributed by atoms with Gasteiger partial charge in [-0.25, -0.2) is 0 Å². The monoisotopic (exact) mass is 311 g/mol. The summed E-state index contributed by atoms with van der Waals surface area (Å²) in [5.41, 5.74) is 2.09. The highest BCUT2D eigenvalue weighted by molar-refractivity contribution is 5.99. The van der Waals surface area contributed by atoms with Gasteiger partial charge in [-0.2, -0.15) is 0 Å². The second-order valence-electron chi connectivity index (χ2n) is 6.25. The minimum atomic E-state index is -0.682. The van der Waals surface area contributed by atoms with E-state index < -0.39 is 5.41 Å². The summed E-state index contributed by atoms with van der Waals surface area (Å²) in [5, 5.41) is 3.02. The zero-order valence-electron chi connectivity index (χ0n) is 13.7. The van der Waals surface area contributed by atoms with E-state index in [4.69, 9.17) is 9.47 Å². The van der Waals surface area contributed by atoms with Crippen LogP contribution in [0.15, 0.2) is 42.5 Å². The molecule has 0 saturated heterocycles. The van der Waals surface area contributed by atoms with Crippen molar-refractivity contribution >= 4 is 11.6 Å². The number of fused-ring (bicyclic) bond motifs is 1. The van der Waals surface area contributed by atoms with Gasteiger partial charge in [0.25, 0.3) is 0 Å². The summed E-state index contributed by atoms with van der Waals surface area (Å²) in [6.07, 6.45) is 0. The summed E-state index contributed by atoms with van der Waals surface area (Å²) in [5.74, 6) is 1.38. The number of amides is 1. The number of carbonyl (C=O) groups excluding carboxylic acids is 1. The molecule has 2 aromatic carbocycles. The van der Waals surface area contributed by atoms with Gasteiger partial charge in [-0.3, -0.25) is 4.79 Å². The molecule has 0 saturated carbocycles. The molecule has 0 aliphatic carbocycles. The van der Waals surface area contributed by atoms with Crippen molar-refractivity contribution < 1.29 is 14.3 Å². The number of aryl methyl sites for hydroxylation is 1. The second-order valence-corrected chi connectivity index (χ2v) is 6.25. The van der Waals surface area contributed by atoms with Crippen LogP contribution in [0.2, 0.25) is 0 Å². The van der Waals surface area contributed by atoms with Gasteiger partial charge in [0.05, 0.1) is 5.41 Å². The van der Waals surface area contributed by atoms with Gasteiger partial charge in [0, 0.05) is 5.69 Å².